The van der Waals surface area contributed by atoms with E-state index in [1.807, 2.05) is 24.4 Å². The van der Waals surface area contributed by atoms with E-state index in [0.29, 0.717) is 0 Å². The molecule has 0 bridgehead atoms. The van der Waals surface area contributed by atoms with Crippen LogP contribution in [0.4, 0.5) is 5.69 Å². The fourth-order valence-electron chi connectivity index (χ4n) is 1.58. The molecule has 1 aromatic heterocycles. The molecule has 0 unspecified atom stereocenters. The van der Waals surface area contributed by atoms with E-state index in [-0.39, 0.29) is 0 Å². The second kappa shape index (κ2) is 4.75. The number of pyridine rings is 1. The van der Waals surface area contributed by atoms with Crippen molar-refractivity contribution in [3.63, 3.8) is 0 Å². The maximum absolute atomic E-state index is 5.45. The van der Waals surface area contributed by atoms with Gasteiger partial charge in [-0.3, -0.25) is 4.98 Å². The van der Waals surface area contributed by atoms with E-state index in [2.05, 4.69) is 22.4 Å². The van der Waals surface area contributed by atoms with Crippen LogP contribution >= 0.6 is 0 Å². The molecule has 0 aliphatic carbocycles. The van der Waals surface area contributed by atoms with Crippen LogP contribution in [-0.4, -0.2) is 18.1 Å². The summed E-state index contributed by atoms with van der Waals surface area (Å²) in [7, 11) is 0. The Labute approximate surface area is 89.3 Å². The summed E-state index contributed by atoms with van der Waals surface area (Å²) in [5.74, 6) is 0. The summed E-state index contributed by atoms with van der Waals surface area (Å²) >= 11 is 0. The van der Waals surface area contributed by atoms with Crippen LogP contribution in [0, 0.1) is 0 Å². The second-order valence-corrected chi connectivity index (χ2v) is 3.44. The normalized spacial score (nSPS) is 10.5. The van der Waals surface area contributed by atoms with Crippen molar-refractivity contribution >= 4 is 16.6 Å². The van der Waals surface area contributed by atoms with Crippen LogP contribution in [0.5, 0.6) is 0 Å². The summed E-state index contributed by atoms with van der Waals surface area (Å²) in [6.45, 7) is 1.63. The maximum atomic E-state index is 5.45. The van der Waals surface area contributed by atoms with Crippen LogP contribution in [0.25, 0.3) is 10.9 Å². The van der Waals surface area contributed by atoms with Crippen molar-refractivity contribution in [3.8, 4) is 0 Å². The number of anilines is 1. The molecule has 1 heterocycles. The van der Waals surface area contributed by atoms with Gasteiger partial charge in [-0.25, -0.2) is 0 Å². The van der Waals surface area contributed by atoms with Crippen molar-refractivity contribution in [1.82, 2.24) is 4.98 Å². The van der Waals surface area contributed by atoms with Crippen LogP contribution in [-0.2, 0) is 0 Å². The molecule has 0 spiro atoms. The van der Waals surface area contributed by atoms with Gasteiger partial charge in [0.1, 0.15) is 0 Å². The number of benzene rings is 1. The predicted molar refractivity (Wildman–Crippen MR) is 63.9 cm³/mol. The van der Waals surface area contributed by atoms with Crippen molar-refractivity contribution in [2.75, 3.05) is 18.4 Å². The average Bonchev–Trinajstić information content (AvgIpc) is 2.30. The summed E-state index contributed by atoms with van der Waals surface area (Å²) in [5, 5.41) is 4.53. The molecule has 0 saturated carbocycles. The molecular weight excluding hydrogens is 186 g/mol. The molecule has 0 aliphatic heterocycles. The van der Waals surface area contributed by atoms with Gasteiger partial charge in [0.15, 0.2) is 0 Å². The zero-order valence-corrected chi connectivity index (χ0v) is 8.61. The fraction of sp³-hybridized carbons (Fsp3) is 0.250. The van der Waals surface area contributed by atoms with Crippen molar-refractivity contribution in [3.05, 3.63) is 36.5 Å². The third-order valence-electron chi connectivity index (χ3n) is 2.34. The molecule has 3 N–H and O–H groups in total. The van der Waals surface area contributed by atoms with Crippen LogP contribution < -0.4 is 11.1 Å². The SMILES string of the molecule is NCCCNc1cccc2ncccc12. The van der Waals surface area contributed by atoms with Gasteiger partial charge in [-0.1, -0.05) is 6.07 Å². The summed E-state index contributed by atoms with van der Waals surface area (Å²) < 4.78 is 0. The number of aromatic nitrogens is 1. The van der Waals surface area contributed by atoms with Gasteiger partial charge in [-0.05, 0) is 37.2 Å². The molecule has 3 heteroatoms. The van der Waals surface area contributed by atoms with Gasteiger partial charge in [-0.15, -0.1) is 0 Å². The lowest BCUT2D eigenvalue weighted by Gasteiger charge is -2.08. The first-order valence-electron chi connectivity index (χ1n) is 5.19. The molecule has 3 nitrogen and oxygen atoms in total. The Bertz CT molecular complexity index is 434. The molecular formula is C12H15N3. The number of hydrogen-bond acceptors (Lipinski definition) is 3. The van der Waals surface area contributed by atoms with E-state index in [9.17, 15) is 0 Å². The first-order valence-corrected chi connectivity index (χ1v) is 5.19. The first-order chi connectivity index (χ1) is 7.42. The monoisotopic (exact) mass is 201 g/mol. The van der Waals surface area contributed by atoms with Gasteiger partial charge < -0.3 is 11.1 Å². The molecule has 0 radical (unpaired) electrons. The van der Waals surface area contributed by atoms with E-state index in [1.54, 1.807) is 0 Å². The average molecular weight is 201 g/mol. The zero-order valence-electron chi connectivity index (χ0n) is 8.61. The number of hydrogen-bond donors (Lipinski definition) is 2. The standard InChI is InChI=1S/C12H15N3/c13-7-3-9-15-12-6-1-5-11-10(12)4-2-8-14-11/h1-2,4-6,8,15H,3,7,9,13H2. The molecule has 2 aromatic rings. The highest BCUT2D eigenvalue weighted by atomic mass is 14.9. The molecule has 0 fully saturated rings. The lowest BCUT2D eigenvalue weighted by Crippen LogP contribution is -2.08. The second-order valence-electron chi connectivity index (χ2n) is 3.44. The quantitative estimate of drug-likeness (QED) is 0.744. The first kappa shape index (κ1) is 9.93. The minimum absolute atomic E-state index is 0.718. The largest absolute Gasteiger partial charge is 0.384 e. The minimum Gasteiger partial charge on any atom is -0.384 e. The van der Waals surface area contributed by atoms with E-state index in [4.69, 9.17) is 5.73 Å². The highest BCUT2D eigenvalue weighted by Crippen LogP contribution is 2.20. The van der Waals surface area contributed by atoms with Gasteiger partial charge in [0.25, 0.3) is 0 Å². The Morgan fingerprint density at radius 1 is 1.20 bits per heavy atom. The molecule has 0 saturated heterocycles. The van der Waals surface area contributed by atoms with Gasteiger partial charge in [-0.2, -0.15) is 0 Å². The summed E-state index contributed by atoms with van der Waals surface area (Å²) in [6.07, 6.45) is 2.79. The topological polar surface area (TPSA) is 50.9 Å². The van der Waals surface area contributed by atoms with Gasteiger partial charge in [0.05, 0.1) is 5.52 Å². The van der Waals surface area contributed by atoms with Crippen molar-refractivity contribution < 1.29 is 0 Å². The summed E-state index contributed by atoms with van der Waals surface area (Å²) in [5.41, 5.74) is 7.61. The maximum Gasteiger partial charge on any atom is 0.0722 e. The highest BCUT2D eigenvalue weighted by molar-refractivity contribution is 5.91. The summed E-state index contributed by atoms with van der Waals surface area (Å²) in [4.78, 5) is 4.31. The zero-order chi connectivity index (χ0) is 10.5. The van der Waals surface area contributed by atoms with E-state index in [1.165, 1.54) is 0 Å². The molecule has 1 aromatic carbocycles. The third-order valence-corrected chi connectivity index (χ3v) is 2.34. The number of rotatable bonds is 4. The lowest BCUT2D eigenvalue weighted by molar-refractivity contribution is 0.875. The van der Waals surface area contributed by atoms with Crippen molar-refractivity contribution in [1.29, 1.82) is 0 Å². The van der Waals surface area contributed by atoms with E-state index >= 15 is 0 Å². The van der Waals surface area contributed by atoms with Gasteiger partial charge >= 0.3 is 0 Å². The van der Waals surface area contributed by atoms with Gasteiger partial charge in [0, 0.05) is 23.8 Å². The fourth-order valence-corrected chi connectivity index (χ4v) is 1.58. The molecule has 78 valence electrons. The lowest BCUT2D eigenvalue weighted by atomic mass is 10.2. The van der Waals surface area contributed by atoms with Gasteiger partial charge in [0.2, 0.25) is 0 Å². The number of fused-ring (bicyclic) bond motifs is 1. The molecule has 0 amide bonds. The Morgan fingerprint density at radius 2 is 2.13 bits per heavy atom. The molecule has 0 aliphatic rings. The number of nitrogens with two attached hydrogens (primary N) is 1. The molecule has 0 atom stereocenters. The van der Waals surface area contributed by atoms with Crippen molar-refractivity contribution in [2.45, 2.75) is 6.42 Å². The minimum atomic E-state index is 0.718. The van der Waals surface area contributed by atoms with Crippen LogP contribution in [0.2, 0.25) is 0 Å². The van der Waals surface area contributed by atoms with E-state index < -0.39 is 0 Å². The Kier molecular flexibility index (Phi) is 3.15. The van der Waals surface area contributed by atoms with Crippen LogP contribution in [0.1, 0.15) is 6.42 Å². The molecule has 2 rings (SSSR count). The van der Waals surface area contributed by atoms with Crippen LogP contribution in [0.3, 0.4) is 0 Å². The summed E-state index contributed by atoms with van der Waals surface area (Å²) in [6, 6.07) is 10.1. The smallest absolute Gasteiger partial charge is 0.0722 e. The van der Waals surface area contributed by atoms with Crippen molar-refractivity contribution in [2.24, 2.45) is 5.73 Å². The molecule has 15 heavy (non-hydrogen) atoms. The number of nitrogens with zero attached hydrogens (tertiary/aromatic N) is 1. The Hall–Kier alpha value is -1.61. The third kappa shape index (κ3) is 2.25. The Balaban J connectivity index is 2.26. The van der Waals surface area contributed by atoms with Crippen LogP contribution in [0.15, 0.2) is 36.5 Å². The Morgan fingerprint density at radius 3 is 3.00 bits per heavy atom. The van der Waals surface area contributed by atoms with E-state index in [0.717, 1.165) is 36.1 Å². The predicted octanol–water partition coefficient (Wildman–Crippen LogP) is 2.00. The number of nitrogens with one attached hydrogen (secondary N) is 1. The highest BCUT2D eigenvalue weighted by Gasteiger charge is 1.98.